The summed E-state index contributed by atoms with van der Waals surface area (Å²) in [6, 6.07) is 16.4. The van der Waals surface area contributed by atoms with E-state index in [1.54, 1.807) is 24.3 Å². The van der Waals surface area contributed by atoms with E-state index in [1.165, 1.54) is 0 Å². The number of hydrogen-bond acceptors (Lipinski definition) is 3. The molecule has 0 unspecified atom stereocenters. The minimum Gasteiger partial charge on any atom is -0.421 e. The molecule has 4 aromatic rings. The van der Waals surface area contributed by atoms with Crippen LogP contribution in [0, 0.1) is 0 Å². The molecule has 0 radical (unpaired) electrons. The van der Waals surface area contributed by atoms with Crippen molar-refractivity contribution < 1.29 is 4.42 Å². The van der Waals surface area contributed by atoms with Gasteiger partial charge in [0.25, 0.3) is 0 Å². The Bertz CT molecular complexity index is 1120. The first-order valence-electron chi connectivity index (χ1n) is 6.91. The van der Waals surface area contributed by atoms with Crippen LogP contribution in [0.15, 0.2) is 63.8 Å². The third-order valence-corrected chi connectivity index (χ3v) is 4.12. The summed E-state index contributed by atoms with van der Waals surface area (Å²) in [7, 11) is 0. The fourth-order valence-corrected chi connectivity index (χ4v) is 3.10. The summed E-state index contributed by atoms with van der Waals surface area (Å²) in [6.07, 6.45) is 0. The Morgan fingerprint density at radius 3 is 2.61 bits per heavy atom. The monoisotopic (exact) mass is 341 g/mol. The first-order chi connectivity index (χ1) is 11.1. The molecule has 3 nitrogen and oxygen atoms in total. The van der Waals surface area contributed by atoms with Gasteiger partial charge in [0.2, 0.25) is 0 Å². The van der Waals surface area contributed by atoms with Crippen LogP contribution in [0.3, 0.4) is 0 Å². The van der Waals surface area contributed by atoms with Crippen molar-refractivity contribution >= 4 is 45.1 Å². The lowest BCUT2D eigenvalue weighted by Crippen LogP contribution is -2.04. The molecule has 5 heteroatoms. The van der Waals surface area contributed by atoms with Gasteiger partial charge < -0.3 is 4.42 Å². The summed E-state index contributed by atoms with van der Waals surface area (Å²) in [6.45, 7) is 0. The summed E-state index contributed by atoms with van der Waals surface area (Å²) in [5, 5.41) is 2.45. The minimum atomic E-state index is -0.482. The van der Waals surface area contributed by atoms with E-state index in [4.69, 9.17) is 27.6 Å². The lowest BCUT2D eigenvalue weighted by molar-refractivity contribution is 0.563. The van der Waals surface area contributed by atoms with Crippen LogP contribution in [0.1, 0.15) is 0 Å². The van der Waals surface area contributed by atoms with Gasteiger partial charge in [0.15, 0.2) is 5.58 Å². The third-order valence-electron chi connectivity index (χ3n) is 3.63. The molecule has 2 aromatic carbocycles. The zero-order valence-corrected chi connectivity index (χ0v) is 13.2. The SMILES string of the molecule is O=c1oc2c(Cl)cc(Cl)cc2cc1-c1ccc2ccccc2n1. The van der Waals surface area contributed by atoms with Gasteiger partial charge in [0.05, 0.1) is 21.8 Å². The topological polar surface area (TPSA) is 43.1 Å². The van der Waals surface area contributed by atoms with Crippen molar-refractivity contribution in [2.75, 3.05) is 0 Å². The largest absolute Gasteiger partial charge is 0.421 e. The Labute approximate surface area is 141 Å². The number of hydrogen-bond donors (Lipinski definition) is 0. The molecular weight excluding hydrogens is 333 g/mol. The van der Waals surface area contributed by atoms with Crippen molar-refractivity contribution in [3.63, 3.8) is 0 Å². The van der Waals surface area contributed by atoms with Gasteiger partial charge in [-0.3, -0.25) is 0 Å². The van der Waals surface area contributed by atoms with Crippen molar-refractivity contribution in [3.8, 4) is 11.3 Å². The molecule has 0 N–H and O–H groups in total. The van der Waals surface area contributed by atoms with Crippen LogP contribution in [0.25, 0.3) is 33.1 Å². The number of aromatic nitrogens is 1. The van der Waals surface area contributed by atoms with Crippen molar-refractivity contribution in [3.05, 3.63) is 75.1 Å². The lowest BCUT2D eigenvalue weighted by atomic mass is 10.1. The van der Waals surface area contributed by atoms with Gasteiger partial charge >= 0.3 is 5.63 Å². The molecule has 112 valence electrons. The van der Waals surface area contributed by atoms with Gasteiger partial charge in [-0.2, -0.15) is 0 Å². The number of para-hydroxylation sites is 1. The maximum absolute atomic E-state index is 12.3. The number of rotatable bonds is 1. The third kappa shape index (κ3) is 2.48. The van der Waals surface area contributed by atoms with E-state index in [2.05, 4.69) is 4.98 Å². The van der Waals surface area contributed by atoms with E-state index in [9.17, 15) is 4.79 Å². The molecule has 0 bridgehead atoms. The predicted molar refractivity (Wildman–Crippen MR) is 93.2 cm³/mol. The van der Waals surface area contributed by atoms with Crippen LogP contribution < -0.4 is 5.63 Å². The molecular formula is C18H9Cl2NO2. The Balaban J connectivity index is 2.00. The van der Waals surface area contributed by atoms with E-state index in [0.29, 0.717) is 32.3 Å². The normalized spacial score (nSPS) is 11.2. The van der Waals surface area contributed by atoms with Gasteiger partial charge in [0.1, 0.15) is 0 Å². The van der Waals surface area contributed by atoms with Crippen LogP contribution in [0.2, 0.25) is 10.0 Å². The smallest absolute Gasteiger partial charge is 0.345 e. The molecule has 0 saturated carbocycles. The molecule has 0 aliphatic rings. The highest BCUT2D eigenvalue weighted by Gasteiger charge is 2.12. The number of pyridine rings is 1. The molecule has 23 heavy (non-hydrogen) atoms. The van der Waals surface area contributed by atoms with Crippen molar-refractivity contribution in [1.29, 1.82) is 0 Å². The standard InChI is InChI=1S/C18H9Cl2NO2/c19-12-7-11-8-13(18(22)23-17(11)14(20)9-12)16-6-5-10-3-1-2-4-15(10)21-16/h1-9H. The molecule has 0 aliphatic heterocycles. The highest BCUT2D eigenvalue weighted by molar-refractivity contribution is 6.38. The average molecular weight is 342 g/mol. The Hall–Kier alpha value is -2.36. The summed E-state index contributed by atoms with van der Waals surface area (Å²) in [4.78, 5) is 16.8. The van der Waals surface area contributed by atoms with Crippen LogP contribution in [0.4, 0.5) is 0 Å². The molecule has 0 aliphatic carbocycles. The summed E-state index contributed by atoms with van der Waals surface area (Å²) >= 11 is 12.1. The molecule has 2 heterocycles. The Kier molecular flexibility index (Phi) is 3.33. The molecule has 0 atom stereocenters. The van der Waals surface area contributed by atoms with E-state index >= 15 is 0 Å². The predicted octanol–water partition coefficient (Wildman–Crippen LogP) is 5.32. The maximum Gasteiger partial charge on any atom is 0.345 e. The van der Waals surface area contributed by atoms with Gasteiger partial charge in [-0.05, 0) is 30.3 Å². The molecule has 4 rings (SSSR count). The highest BCUT2D eigenvalue weighted by atomic mass is 35.5. The van der Waals surface area contributed by atoms with Gasteiger partial charge in [-0.1, -0.05) is 47.5 Å². The van der Waals surface area contributed by atoms with E-state index in [0.717, 1.165) is 10.9 Å². The first-order valence-corrected chi connectivity index (χ1v) is 7.66. The molecule has 0 spiro atoms. The van der Waals surface area contributed by atoms with E-state index < -0.39 is 5.63 Å². The van der Waals surface area contributed by atoms with Crippen molar-refractivity contribution in [1.82, 2.24) is 4.98 Å². The second-order valence-corrected chi connectivity index (χ2v) is 5.99. The number of fused-ring (bicyclic) bond motifs is 2. The molecule has 0 saturated heterocycles. The zero-order chi connectivity index (χ0) is 16.0. The second kappa shape index (κ2) is 5.37. The Morgan fingerprint density at radius 2 is 1.74 bits per heavy atom. The first kappa shape index (κ1) is 14.2. The number of halogens is 2. The van der Waals surface area contributed by atoms with Gasteiger partial charge in [-0.25, -0.2) is 9.78 Å². The average Bonchev–Trinajstić information content (AvgIpc) is 2.54. The van der Waals surface area contributed by atoms with Crippen LogP contribution in [-0.4, -0.2) is 4.98 Å². The minimum absolute atomic E-state index is 0.308. The molecule has 0 fully saturated rings. The fourth-order valence-electron chi connectivity index (χ4n) is 2.55. The van der Waals surface area contributed by atoms with Crippen LogP contribution in [-0.2, 0) is 0 Å². The lowest BCUT2D eigenvalue weighted by Gasteiger charge is -2.05. The second-order valence-electron chi connectivity index (χ2n) is 5.14. The number of benzene rings is 2. The zero-order valence-electron chi connectivity index (χ0n) is 11.7. The fraction of sp³-hybridized carbons (Fsp3) is 0. The van der Waals surface area contributed by atoms with E-state index in [-0.39, 0.29) is 0 Å². The quantitative estimate of drug-likeness (QED) is 0.440. The van der Waals surface area contributed by atoms with Crippen LogP contribution >= 0.6 is 23.2 Å². The van der Waals surface area contributed by atoms with Crippen LogP contribution in [0.5, 0.6) is 0 Å². The molecule has 0 amide bonds. The Morgan fingerprint density at radius 1 is 0.913 bits per heavy atom. The highest BCUT2D eigenvalue weighted by Crippen LogP contribution is 2.29. The number of nitrogens with zero attached hydrogens (tertiary/aromatic N) is 1. The summed E-state index contributed by atoms with van der Waals surface area (Å²) < 4.78 is 5.36. The maximum atomic E-state index is 12.3. The van der Waals surface area contributed by atoms with E-state index in [1.807, 2.05) is 30.3 Å². The summed E-state index contributed by atoms with van der Waals surface area (Å²) in [5.74, 6) is 0. The van der Waals surface area contributed by atoms with Crippen molar-refractivity contribution in [2.24, 2.45) is 0 Å². The van der Waals surface area contributed by atoms with Crippen molar-refractivity contribution in [2.45, 2.75) is 0 Å². The van der Waals surface area contributed by atoms with Gasteiger partial charge in [-0.15, -0.1) is 0 Å². The van der Waals surface area contributed by atoms with Gasteiger partial charge in [0, 0.05) is 15.8 Å². The molecule has 2 aromatic heterocycles. The summed E-state index contributed by atoms with van der Waals surface area (Å²) in [5.41, 5.74) is 1.58.